The Kier molecular flexibility index (Phi) is 6.81. The van der Waals surface area contributed by atoms with Crippen LogP contribution in [-0.2, 0) is 19.1 Å². The van der Waals surface area contributed by atoms with Crippen LogP contribution < -0.4 is 5.56 Å². The van der Waals surface area contributed by atoms with Crippen molar-refractivity contribution in [2.45, 2.75) is 37.6 Å². The summed E-state index contributed by atoms with van der Waals surface area (Å²) in [6.45, 7) is 2.71. The Hall–Kier alpha value is -2.78. The van der Waals surface area contributed by atoms with Crippen LogP contribution in [0.15, 0.2) is 64.8 Å². The molecule has 33 heavy (non-hydrogen) atoms. The van der Waals surface area contributed by atoms with Crippen LogP contribution in [0.2, 0.25) is 5.02 Å². The zero-order valence-electron chi connectivity index (χ0n) is 17.6. The zero-order chi connectivity index (χ0) is 23.6. The van der Waals surface area contributed by atoms with Crippen molar-refractivity contribution in [2.24, 2.45) is 0 Å². The van der Waals surface area contributed by atoms with Crippen molar-refractivity contribution in [1.29, 1.82) is 0 Å². The van der Waals surface area contributed by atoms with E-state index in [0.717, 1.165) is 24.1 Å². The maximum absolute atomic E-state index is 13.3. The number of hydrogen-bond acceptors (Lipinski definition) is 4. The fourth-order valence-electron chi connectivity index (χ4n) is 3.42. The standard InChI is InChI=1S/C23H20ClF3N4OS/c1-2-12-30-14-28-19-20(30)29-22(31(21(19)32)18-9-7-17(24)8-10-18)33-13-11-15-3-5-16(6-4-15)23(25,26)27/h3-10,14H,2,11-13H2,1H3. The number of alkyl halides is 3. The Labute approximate surface area is 197 Å². The highest BCUT2D eigenvalue weighted by atomic mass is 35.5. The van der Waals surface area contributed by atoms with Gasteiger partial charge in [0, 0.05) is 17.3 Å². The Morgan fingerprint density at radius 2 is 1.76 bits per heavy atom. The zero-order valence-corrected chi connectivity index (χ0v) is 19.2. The molecule has 5 nitrogen and oxygen atoms in total. The number of thioether (sulfide) groups is 1. The molecule has 0 saturated carbocycles. The molecule has 10 heteroatoms. The van der Waals surface area contributed by atoms with E-state index in [0.29, 0.717) is 40.2 Å². The van der Waals surface area contributed by atoms with Gasteiger partial charge >= 0.3 is 6.18 Å². The van der Waals surface area contributed by atoms with Gasteiger partial charge in [0.1, 0.15) is 0 Å². The van der Waals surface area contributed by atoms with Crippen LogP contribution in [-0.4, -0.2) is 24.9 Å². The quantitative estimate of drug-likeness (QED) is 0.234. The fourth-order valence-corrected chi connectivity index (χ4v) is 4.53. The average Bonchev–Trinajstić information content (AvgIpc) is 3.18. The summed E-state index contributed by atoms with van der Waals surface area (Å²) in [7, 11) is 0. The van der Waals surface area contributed by atoms with Crippen LogP contribution in [0.25, 0.3) is 16.9 Å². The monoisotopic (exact) mass is 492 g/mol. The second-order valence-electron chi connectivity index (χ2n) is 7.41. The van der Waals surface area contributed by atoms with Crippen molar-refractivity contribution in [3.63, 3.8) is 0 Å². The van der Waals surface area contributed by atoms with E-state index in [2.05, 4.69) is 4.98 Å². The van der Waals surface area contributed by atoms with Crippen molar-refractivity contribution in [1.82, 2.24) is 19.1 Å². The third-order valence-electron chi connectivity index (χ3n) is 5.06. The molecule has 0 saturated heterocycles. The minimum atomic E-state index is -4.36. The summed E-state index contributed by atoms with van der Waals surface area (Å²) in [5.74, 6) is 0.527. The Morgan fingerprint density at radius 1 is 1.06 bits per heavy atom. The summed E-state index contributed by atoms with van der Waals surface area (Å²) in [5, 5.41) is 1.03. The van der Waals surface area contributed by atoms with Crippen LogP contribution in [0.5, 0.6) is 0 Å². The first-order chi connectivity index (χ1) is 15.8. The molecule has 0 amide bonds. The van der Waals surface area contributed by atoms with E-state index in [-0.39, 0.29) is 11.1 Å². The first kappa shape index (κ1) is 23.4. The molecule has 2 aromatic heterocycles. The van der Waals surface area contributed by atoms with Gasteiger partial charge in [-0.2, -0.15) is 13.2 Å². The third kappa shape index (κ3) is 5.09. The summed E-state index contributed by atoms with van der Waals surface area (Å²) in [4.78, 5) is 22.3. The van der Waals surface area contributed by atoms with Gasteiger partial charge in [-0.15, -0.1) is 0 Å². The highest BCUT2D eigenvalue weighted by molar-refractivity contribution is 7.99. The van der Waals surface area contributed by atoms with E-state index >= 15 is 0 Å². The van der Waals surface area contributed by atoms with Crippen molar-refractivity contribution in [3.05, 3.63) is 81.4 Å². The molecule has 172 valence electrons. The molecule has 4 aromatic rings. The number of nitrogens with zero attached hydrogens (tertiary/aromatic N) is 4. The van der Waals surface area contributed by atoms with Gasteiger partial charge in [0.15, 0.2) is 16.3 Å². The van der Waals surface area contributed by atoms with Gasteiger partial charge in [0.25, 0.3) is 5.56 Å². The molecule has 0 N–H and O–H groups in total. The highest BCUT2D eigenvalue weighted by Gasteiger charge is 2.29. The minimum absolute atomic E-state index is 0.283. The average molecular weight is 493 g/mol. The van der Waals surface area contributed by atoms with Crippen LogP contribution in [0.3, 0.4) is 0 Å². The molecule has 2 heterocycles. The van der Waals surface area contributed by atoms with E-state index < -0.39 is 11.7 Å². The first-order valence-electron chi connectivity index (χ1n) is 10.3. The molecule has 4 rings (SSSR count). The lowest BCUT2D eigenvalue weighted by molar-refractivity contribution is -0.137. The van der Waals surface area contributed by atoms with E-state index in [4.69, 9.17) is 16.6 Å². The Bertz CT molecular complexity index is 1320. The highest BCUT2D eigenvalue weighted by Crippen LogP contribution is 2.29. The lowest BCUT2D eigenvalue weighted by Gasteiger charge is -2.13. The summed E-state index contributed by atoms with van der Waals surface area (Å²) in [5.41, 5.74) is 1.23. The van der Waals surface area contributed by atoms with Gasteiger partial charge in [-0.3, -0.25) is 9.36 Å². The molecular weight excluding hydrogens is 473 g/mol. The van der Waals surface area contributed by atoms with Crippen molar-refractivity contribution in [3.8, 4) is 5.69 Å². The largest absolute Gasteiger partial charge is 0.416 e. The summed E-state index contributed by atoms with van der Waals surface area (Å²) in [6.07, 6.45) is -1.36. The fraction of sp³-hybridized carbons (Fsp3) is 0.261. The number of aromatic nitrogens is 4. The van der Waals surface area contributed by atoms with Crippen molar-refractivity contribution < 1.29 is 13.2 Å². The molecule has 2 aromatic carbocycles. The normalized spacial score (nSPS) is 11.9. The van der Waals surface area contributed by atoms with Crippen LogP contribution in [0.1, 0.15) is 24.5 Å². The predicted octanol–water partition coefficient (Wildman–Crippen LogP) is 6.00. The van der Waals surface area contributed by atoms with E-state index in [1.807, 2.05) is 11.5 Å². The van der Waals surface area contributed by atoms with Crippen LogP contribution >= 0.6 is 23.4 Å². The first-order valence-corrected chi connectivity index (χ1v) is 11.7. The number of fused-ring (bicyclic) bond motifs is 1. The molecule has 0 aliphatic heterocycles. The maximum atomic E-state index is 13.3. The molecule has 0 unspecified atom stereocenters. The predicted molar refractivity (Wildman–Crippen MR) is 124 cm³/mol. The van der Waals surface area contributed by atoms with Crippen molar-refractivity contribution >= 4 is 34.5 Å². The maximum Gasteiger partial charge on any atom is 0.416 e. The number of imidazole rings is 1. The molecule has 0 atom stereocenters. The van der Waals surface area contributed by atoms with Crippen molar-refractivity contribution in [2.75, 3.05) is 5.75 Å². The lowest BCUT2D eigenvalue weighted by atomic mass is 10.1. The van der Waals surface area contributed by atoms with E-state index in [1.165, 1.54) is 28.5 Å². The number of rotatable bonds is 7. The Morgan fingerprint density at radius 3 is 2.39 bits per heavy atom. The molecule has 0 spiro atoms. The Balaban J connectivity index is 1.66. The molecule has 0 fully saturated rings. The number of hydrogen-bond donors (Lipinski definition) is 0. The molecular formula is C23H20ClF3N4OS. The third-order valence-corrected chi connectivity index (χ3v) is 6.25. The van der Waals surface area contributed by atoms with Gasteiger partial charge in [-0.05, 0) is 54.8 Å². The van der Waals surface area contributed by atoms with E-state index in [1.54, 1.807) is 30.6 Å². The second-order valence-corrected chi connectivity index (χ2v) is 8.91. The summed E-state index contributed by atoms with van der Waals surface area (Å²) >= 11 is 7.37. The minimum Gasteiger partial charge on any atom is -0.315 e. The molecule has 0 aliphatic carbocycles. The van der Waals surface area contributed by atoms with E-state index in [9.17, 15) is 18.0 Å². The second kappa shape index (κ2) is 9.61. The van der Waals surface area contributed by atoms with Crippen LogP contribution in [0.4, 0.5) is 13.2 Å². The molecule has 0 radical (unpaired) electrons. The van der Waals surface area contributed by atoms with Gasteiger partial charge < -0.3 is 4.57 Å². The SMILES string of the molecule is CCCn1cnc2c(=O)n(-c3ccc(Cl)cc3)c(SCCc3ccc(C(F)(F)F)cc3)nc21. The molecule has 0 aliphatic rings. The van der Waals surface area contributed by atoms with Gasteiger partial charge in [0.05, 0.1) is 17.6 Å². The van der Waals surface area contributed by atoms with Gasteiger partial charge in [-0.25, -0.2) is 9.97 Å². The number of aryl methyl sites for hydroxylation is 2. The van der Waals surface area contributed by atoms with Gasteiger partial charge in [0.2, 0.25) is 0 Å². The number of halogens is 4. The topological polar surface area (TPSA) is 52.7 Å². The molecule has 0 bridgehead atoms. The lowest BCUT2D eigenvalue weighted by Crippen LogP contribution is -2.22. The summed E-state index contributed by atoms with van der Waals surface area (Å²) < 4.78 is 41.7. The smallest absolute Gasteiger partial charge is 0.315 e. The summed E-state index contributed by atoms with van der Waals surface area (Å²) in [6, 6.07) is 12.0. The van der Waals surface area contributed by atoms with Crippen LogP contribution in [0, 0.1) is 0 Å². The number of benzene rings is 2. The van der Waals surface area contributed by atoms with Gasteiger partial charge in [-0.1, -0.05) is 42.4 Å².